The second-order valence-electron chi connectivity index (χ2n) is 2.97. The van der Waals surface area contributed by atoms with Crippen LogP contribution < -0.4 is 0 Å². The van der Waals surface area contributed by atoms with Crippen molar-refractivity contribution in [1.82, 2.24) is 0 Å². The minimum atomic E-state index is 0.541. The van der Waals surface area contributed by atoms with E-state index in [1.54, 1.807) is 6.08 Å². The maximum absolute atomic E-state index is 5.12. The lowest BCUT2D eigenvalue weighted by Gasteiger charge is -1.92. The number of rotatable bonds is 7. The van der Waals surface area contributed by atoms with Gasteiger partial charge in [0.1, 0.15) is 6.61 Å². The van der Waals surface area contributed by atoms with Gasteiger partial charge in [0, 0.05) is 6.42 Å². The van der Waals surface area contributed by atoms with Crippen molar-refractivity contribution in [3.8, 4) is 11.8 Å². The summed E-state index contributed by atoms with van der Waals surface area (Å²) in [5, 5.41) is 0. The van der Waals surface area contributed by atoms with Crippen LogP contribution in [0.15, 0.2) is 12.7 Å². The third-order valence-electron chi connectivity index (χ3n) is 1.69. The predicted octanol–water partition coefficient (Wildman–Crippen LogP) is 3.16. The van der Waals surface area contributed by atoms with E-state index in [1.807, 2.05) is 0 Å². The standard InChI is InChI=1S/C12H20O/c1-3-5-6-7-8-9-10-12-13-11-4-2/h4H,2-3,5-8,11-12H2,1H3. The van der Waals surface area contributed by atoms with Crippen molar-refractivity contribution in [2.75, 3.05) is 13.2 Å². The smallest absolute Gasteiger partial charge is 0.108 e. The molecule has 0 aromatic carbocycles. The van der Waals surface area contributed by atoms with Crippen LogP contribution in [0, 0.1) is 11.8 Å². The Morgan fingerprint density at radius 2 is 2.08 bits per heavy atom. The first-order valence-electron chi connectivity index (χ1n) is 5.06. The van der Waals surface area contributed by atoms with Crippen LogP contribution in [0.25, 0.3) is 0 Å². The van der Waals surface area contributed by atoms with E-state index < -0.39 is 0 Å². The van der Waals surface area contributed by atoms with E-state index in [4.69, 9.17) is 4.74 Å². The second-order valence-corrected chi connectivity index (χ2v) is 2.97. The minimum Gasteiger partial charge on any atom is -0.365 e. The molecule has 0 saturated carbocycles. The van der Waals surface area contributed by atoms with Gasteiger partial charge in [0.2, 0.25) is 0 Å². The fraction of sp³-hybridized carbons (Fsp3) is 0.667. The highest BCUT2D eigenvalue weighted by atomic mass is 16.5. The maximum atomic E-state index is 5.12. The number of unbranched alkanes of at least 4 members (excludes halogenated alkanes) is 4. The largest absolute Gasteiger partial charge is 0.365 e. The van der Waals surface area contributed by atoms with E-state index >= 15 is 0 Å². The Morgan fingerprint density at radius 3 is 2.77 bits per heavy atom. The van der Waals surface area contributed by atoms with Gasteiger partial charge < -0.3 is 4.74 Å². The van der Waals surface area contributed by atoms with Gasteiger partial charge in [0.15, 0.2) is 0 Å². The molecule has 0 bridgehead atoms. The van der Waals surface area contributed by atoms with Gasteiger partial charge in [-0.1, -0.05) is 38.2 Å². The third kappa shape index (κ3) is 11.3. The Labute approximate surface area is 82.2 Å². The lowest BCUT2D eigenvalue weighted by Crippen LogP contribution is -1.89. The highest BCUT2D eigenvalue weighted by Gasteiger charge is 1.83. The Morgan fingerprint density at radius 1 is 1.23 bits per heavy atom. The highest BCUT2D eigenvalue weighted by molar-refractivity contribution is 4.98. The minimum absolute atomic E-state index is 0.541. The summed E-state index contributed by atoms with van der Waals surface area (Å²) in [6.07, 6.45) is 7.89. The van der Waals surface area contributed by atoms with E-state index in [0.717, 1.165) is 6.42 Å². The topological polar surface area (TPSA) is 9.23 Å². The summed E-state index contributed by atoms with van der Waals surface area (Å²) in [6, 6.07) is 0. The summed E-state index contributed by atoms with van der Waals surface area (Å²) in [6.45, 7) is 6.92. The molecule has 0 amide bonds. The molecule has 0 radical (unpaired) electrons. The number of hydrogen-bond donors (Lipinski definition) is 0. The lowest BCUT2D eigenvalue weighted by atomic mass is 10.2. The van der Waals surface area contributed by atoms with Crippen molar-refractivity contribution in [3.63, 3.8) is 0 Å². The van der Waals surface area contributed by atoms with Gasteiger partial charge in [0.05, 0.1) is 6.61 Å². The van der Waals surface area contributed by atoms with E-state index in [2.05, 4.69) is 25.3 Å². The lowest BCUT2D eigenvalue weighted by molar-refractivity contribution is 0.199. The fourth-order valence-corrected chi connectivity index (χ4v) is 0.973. The molecule has 0 saturated heterocycles. The Kier molecular flexibility index (Phi) is 10.6. The van der Waals surface area contributed by atoms with E-state index in [-0.39, 0.29) is 0 Å². The second kappa shape index (κ2) is 11.3. The Balaban J connectivity index is 3.06. The molecule has 1 nitrogen and oxygen atoms in total. The molecule has 0 atom stereocenters. The number of ether oxygens (including phenoxy) is 1. The zero-order valence-corrected chi connectivity index (χ0v) is 8.64. The predicted molar refractivity (Wildman–Crippen MR) is 57.6 cm³/mol. The molecule has 0 rings (SSSR count). The molecule has 13 heavy (non-hydrogen) atoms. The van der Waals surface area contributed by atoms with Crippen molar-refractivity contribution >= 4 is 0 Å². The van der Waals surface area contributed by atoms with Gasteiger partial charge in [-0.25, -0.2) is 0 Å². The third-order valence-corrected chi connectivity index (χ3v) is 1.69. The molecule has 0 aliphatic carbocycles. The molecular formula is C12H20O. The molecular weight excluding hydrogens is 160 g/mol. The fourth-order valence-electron chi connectivity index (χ4n) is 0.973. The zero-order chi connectivity index (χ0) is 9.78. The molecule has 0 fully saturated rings. The van der Waals surface area contributed by atoms with Crippen LogP contribution in [0.3, 0.4) is 0 Å². The molecule has 0 aromatic rings. The molecule has 0 aliphatic heterocycles. The maximum Gasteiger partial charge on any atom is 0.108 e. The zero-order valence-electron chi connectivity index (χ0n) is 8.64. The van der Waals surface area contributed by atoms with Crippen molar-refractivity contribution < 1.29 is 4.74 Å². The van der Waals surface area contributed by atoms with E-state index in [0.29, 0.717) is 13.2 Å². The monoisotopic (exact) mass is 180 g/mol. The van der Waals surface area contributed by atoms with E-state index in [9.17, 15) is 0 Å². The molecule has 0 N–H and O–H groups in total. The van der Waals surface area contributed by atoms with Gasteiger partial charge in [-0.05, 0) is 6.42 Å². The van der Waals surface area contributed by atoms with Gasteiger partial charge >= 0.3 is 0 Å². The van der Waals surface area contributed by atoms with Crippen LogP contribution in [-0.4, -0.2) is 13.2 Å². The van der Waals surface area contributed by atoms with Crippen LogP contribution >= 0.6 is 0 Å². The molecule has 74 valence electrons. The van der Waals surface area contributed by atoms with Crippen LogP contribution in [0.4, 0.5) is 0 Å². The number of hydrogen-bond acceptors (Lipinski definition) is 1. The average molecular weight is 180 g/mol. The Bertz CT molecular complexity index is 162. The molecule has 0 spiro atoms. The summed E-state index contributed by atoms with van der Waals surface area (Å²) in [7, 11) is 0. The average Bonchev–Trinajstić information content (AvgIpc) is 2.16. The van der Waals surface area contributed by atoms with Crippen molar-refractivity contribution in [2.24, 2.45) is 0 Å². The van der Waals surface area contributed by atoms with Crippen molar-refractivity contribution in [1.29, 1.82) is 0 Å². The van der Waals surface area contributed by atoms with Gasteiger partial charge in [-0.15, -0.1) is 12.5 Å². The summed E-state index contributed by atoms with van der Waals surface area (Å²) in [4.78, 5) is 0. The molecule has 0 aromatic heterocycles. The molecule has 0 unspecified atom stereocenters. The first-order chi connectivity index (χ1) is 6.41. The van der Waals surface area contributed by atoms with Crippen LogP contribution in [0.2, 0.25) is 0 Å². The summed E-state index contributed by atoms with van der Waals surface area (Å²) < 4.78 is 5.12. The highest BCUT2D eigenvalue weighted by Crippen LogP contribution is 2.00. The van der Waals surface area contributed by atoms with Crippen LogP contribution in [0.1, 0.15) is 39.0 Å². The first-order valence-corrected chi connectivity index (χ1v) is 5.06. The van der Waals surface area contributed by atoms with Gasteiger partial charge in [-0.3, -0.25) is 0 Å². The Hall–Kier alpha value is -0.740. The SMILES string of the molecule is C=CCOCC#CCCCCCC. The molecule has 0 aliphatic rings. The van der Waals surface area contributed by atoms with Crippen LogP contribution in [0.5, 0.6) is 0 Å². The van der Waals surface area contributed by atoms with Gasteiger partial charge in [-0.2, -0.15) is 0 Å². The van der Waals surface area contributed by atoms with Crippen molar-refractivity contribution in [3.05, 3.63) is 12.7 Å². The normalized spacial score (nSPS) is 9.00. The van der Waals surface area contributed by atoms with E-state index in [1.165, 1.54) is 25.7 Å². The summed E-state index contributed by atoms with van der Waals surface area (Å²) in [5.41, 5.74) is 0. The first kappa shape index (κ1) is 12.3. The summed E-state index contributed by atoms with van der Waals surface area (Å²) >= 11 is 0. The quantitative estimate of drug-likeness (QED) is 0.332. The van der Waals surface area contributed by atoms with Gasteiger partial charge in [0.25, 0.3) is 0 Å². The summed E-state index contributed by atoms with van der Waals surface area (Å²) in [5.74, 6) is 6.07. The van der Waals surface area contributed by atoms with Crippen LogP contribution in [-0.2, 0) is 4.74 Å². The van der Waals surface area contributed by atoms with Crippen molar-refractivity contribution in [2.45, 2.75) is 39.0 Å². The molecule has 0 heterocycles. The molecule has 1 heteroatoms.